The number of aromatic nitrogens is 2. The number of hydrogen-bond donors (Lipinski definition) is 1. The van der Waals surface area contributed by atoms with E-state index in [1.165, 1.54) is 31.4 Å². The average molecular weight is 348 g/mol. The predicted octanol–water partition coefficient (Wildman–Crippen LogP) is 0.105. The van der Waals surface area contributed by atoms with Crippen molar-refractivity contribution < 1.29 is 9.18 Å². The molecule has 0 saturated carbocycles. The summed E-state index contributed by atoms with van der Waals surface area (Å²) in [5.74, 6) is -0.712. The molecule has 0 radical (unpaired) electrons. The molecule has 0 fully saturated rings. The van der Waals surface area contributed by atoms with Crippen molar-refractivity contribution in [2.75, 3.05) is 20.6 Å². The molecule has 1 aromatic carbocycles. The first-order valence-electron chi connectivity index (χ1n) is 7.74. The molecule has 0 spiro atoms. The van der Waals surface area contributed by atoms with E-state index in [2.05, 4.69) is 5.32 Å². The molecule has 0 saturated heterocycles. The fraction of sp³-hybridized carbons (Fsp3) is 0.353. The number of hydrogen-bond acceptors (Lipinski definition) is 4. The number of amides is 1. The van der Waals surface area contributed by atoms with E-state index >= 15 is 0 Å². The first-order chi connectivity index (χ1) is 11.8. The van der Waals surface area contributed by atoms with Crippen molar-refractivity contribution in [1.29, 1.82) is 0 Å². The van der Waals surface area contributed by atoms with Gasteiger partial charge in [-0.1, -0.05) is 12.1 Å². The van der Waals surface area contributed by atoms with E-state index in [4.69, 9.17) is 0 Å². The van der Waals surface area contributed by atoms with Crippen molar-refractivity contribution in [1.82, 2.24) is 19.4 Å². The summed E-state index contributed by atoms with van der Waals surface area (Å²) in [6, 6.07) is 7.21. The summed E-state index contributed by atoms with van der Waals surface area (Å²) in [5.41, 5.74) is -0.248. The molecule has 134 valence electrons. The maximum atomic E-state index is 13.4. The Bertz CT molecular complexity index is 873. The third-order valence-electron chi connectivity index (χ3n) is 3.92. The van der Waals surface area contributed by atoms with E-state index in [0.29, 0.717) is 0 Å². The van der Waals surface area contributed by atoms with Gasteiger partial charge in [0.05, 0.1) is 6.04 Å². The molecule has 1 atom stereocenters. The molecular formula is C17H21FN4O3. The van der Waals surface area contributed by atoms with Crippen LogP contribution in [-0.2, 0) is 18.4 Å². The Balaban J connectivity index is 2.06. The van der Waals surface area contributed by atoms with E-state index in [0.717, 1.165) is 14.7 Å². The average Bonchev–Trinajstić information content (AvgIpc) is 2.55. The second-order valence-corrected chi connectivity index (χ2v) is 5.96. The van der Waals surface area contributed by atoms with Crippen LogP contribution in [0.4, 0.5) is 4.39 Å². The molecule has 2 rings (SSSR count). The topological polar surface area (TPSA) is 76.3 Å². The van der Waals surface area contributed by atoms with Gasteiger partial charge in [0.1, 0.15) is 12.4 Å². The summed E-state index contributed by atoms with van der Waals surface area (Å²) in [7, 11) is 5.02. The van der Waals surface area contributed by atoms with Crippen molar-refractivity contribution in [3.05, 3.63) is 68.7 Å². The second kappa shape index (κ2) is 7.89. The normalized spacial score (nSPS) is 12.2. The minimum Gasteiger partial charge on any atom is -0.353 e. The van der Waals surface area contributed by atoms with Gasteiger partial charge >= 0.3 is 5.69 Å². The zero-order chi connectivity index (χ0) is 18.6. The molecule has 8 heteroatoms. The Hall–Kier alpha value is -2.74. The third-order valence-corrected chi connectivity index (χ3v) is 3.92. The SMILES string of the molecule is CN(C)[C@@H](CNC(=O)Cn1ccc(=O)n(C)c1=O)c1cccc(F)c1. The fourth-order valence-corrected chi connectivity index (χ4v) is 2.47. The molecule has 0 aliphatic rings. The van der Waals surface area contributed by atoms with Gasteiger partial charge < -0.3 is 10.2 Å². The molecule has 7 nitrogen and oxygen atoms in total. The first kappa shape index (κ1) is 18.6. The predicted molar refractivity (Wildman–Crippen MR) is 91.8 cm³/mol. The number of carbonyl (C=O) groups excluding carboxylic acids is 1. The number of nitrogens with zero attached hydrogens (tertiary/aromatic N) is 3. The van der Waals surface area contributed by atoms with Crippen LogP contribution in [0.5, 0.6) is 0 Å². The van der Waals surface area contributed by atoms with Gasteiger partial charge in [-0.15, -0.1) is 0 Å². The van der Waals surface area contributed by atoms with Crippen LogP contribution in [0.2, 0.25) is 0 Å². The lowest BCUT2D eigenvalue weighted by Crippen LogP contribution is -2.41. The van der Waals surface area contributed by atoms with Gasteiger partial charge in [0.15, 0.2) is 0 Å². The number of nitrogens with one attached hydrogen (secondary N) is 1. The summed E-state index contributed by atoms with van der Waals surface area (Å²) in [4.78, 5) is 37.3. The van der Waals surface area contributed by atoms with Gasteiger partial charge in [-0.25, -0.2) is 9.18 Å². The van der Waals surface area contributed by atoms with Crippen molar-refractivity contribution in [2.24, 2.45) is 7.05 Å². The Morgan fingerprint density at radius 2 is 2.00 bits per heavy atom. The van der Waals surface area contributed by atoms with Gasteiger partial charge in [-0.3, -0.25) is 18.7 Å². The zero-order valence-electron chi connectivity index (χ0n) is 14.4. The summed E-state index contributed by atoms with van der Waals surface area (Å²) in [5, 5.41) is 2.74. The number of benzene rings is 1. The minimum absolute atomic E-state index is 0.198. The molecule has 1 amide bonds. The molecule has 1 aromatic heterocycles. The molecule has 25 heavy (non-hydrogen) atoms. The molecular weight excluding hydrogens is 327 g/mol. The highest BCUT2D eigenvalue weighted by molar-refractivity contribution is 5.75. The van der Waals surface area contributed by atoms with Crippen molar-refractivity contribution in [2.45, 2.75) is 12.6 Å². The molecule has 0 aliphatic heterocycles. The number of halogens is 1. The Morgan fingerprint density at radius 1 is 1.28 bits per heavy atom. The Labute approximate surface area is 144 Å². The third kappa shape index (κ3) is 4.63. The molecule has 1 N–H and O–H groups in total. The van der Waals surface area contributed by atoms with Crippen LogP contribution in [-0.4, -0.2) is 40.6 Å². The Morgan fingerprint density at radius 3 is 2.64 bits per heavy atom. The van der Waals surface area contributed by atoms with Gasteiger partial charge in [0.2, 0.25) is 5.91 Å². The molecule has 0 aliphatic carbocycles. The first-order valence-corrected chi connectivity index (χ1v) is 7.74. The maximum Gasteiger partial charge on any atom is 0.331 e. The van der Waals surface area contributed by atoms with Crippen LogP contribution in [0, 0.1) is 5.82 Å². The molecule has 1 heterocycles. The highest BCUT2D eigenvalue weighted by Crippen LogP contribution is 2.18. The van der Waals surface area contributed by atoms with Crippen LogP contribution in [0.15, 0.2) is 46.1 Å². The largest absolute Gasteiger partial charge is 0.353 e. The molecule has 0 bridgehead atoms. The van der Waals surface area contributed by atoms with E-state index in [1.807, 2.05) is 19.0 Å². The quantitative estimate of drug-likeness (QED) is 0.804. The van der Waals surface area contributed by atoms with Crippen LogP contribution >= 0.6 is 0 Å². The standard InChI is InChI=1S/C17H21FN4O3/c1-20(2)14(12-5-4-6-13(18)9-12)10-19-15(23)11-22-8-7-16(24)21(3)17(22)25/h4-9,14H,10-11H2,1-3H3,(H,19,23)/t14-/m0/s1. The highest BCUT2D eigenvalue weighted by Gasteiger charge is 2.16. The van der Waals surface area contributed by atoms with Crippen molar-refractivity contribution in [3.63, 3.8) is 0 Å². The van der Waals surface area contributed by atoms with Crippen LogP contribution in [0.25, 0.3) is 0 Å². The van der Waals surface area contributed by atoms with Gasteiger partial charge in [-0.2, -0.15) is 0 Å². The lowest BCUT2D eigenvalue weighted by molar-refractivity contribution is -0.122. The fourth-order valence-electron chi connectivity index (χ4n) is 2.47. The second-order valence-electron chi connectivity index (χ2n) is 5.96. The number of rotatable bonds is 6. The van der Waals surface area contributed by atoms with E-state index in [-0.39, 0.29) is 30.9 Å². The molecule has 0 unspecified atom stereocenters. The summed E-state index contributed by atoms with van der Waals surface area (Å²) < 4.78 is 15.5. The number of likely N-dealkylation sites (N-methyl/N-ethyl adjacent to an activating group) is 1. The Kier molecular flexibility index (Phi) is 5.87. The summed E-state index contributed by atoms with van der Waals surface area (Å²) in [6.45, 7) is 0.0616. The zero-order valence-corrected chi connectivity index (χ0v) is 14.4. The van der Waals surface area contributed by atoms with E-state index < -0.39 is 11.2 Å². The lowest BCUT2D eigenvalue weighted by Gasteiger charge is -2.25. The number of carbonyl (C=O) groups is 1. The van der Waals surface area contributed by atoms with Crippen molar-refractivity contribution in [3.8, 4) is 0 Å². The smallest absolute Gasteiger partial charge is 0.331 e. The maximum absolute atomic E-state index is 13.4. The van der Waals surface area contributed by atoms with Crippen molar-refractivity contribution >= 4 is 5.91 Å². The minimum atomic E-state index is -0.558. The molecule has 2 aromatic rings. The summed E-state index contributed by atoms with van der Waals surface area (Å²) >= 11 is 0. The van der Waals surface area contributed by atoms with Crippen LogP contribution in [0.3, 0.4) is 0 Å². The highest BCUT2D eigenvalue weighted by atomic mass is 19.1. The van der Waals surface area contributed by atoms with E-state index in [9.17, 15) is 18.8 Å². The van der Waals surface area contributed by atoms with Crippen LogP contribution < -0.4 is 16.6 Å². The van der Waals surface area contributed by atoms with Gasteiger partial charge in [0, 0.05) is 25.9 Å². The van der Waals surface area contributed by atoms with E-state index in [1.54, 1.807) is 12.1 Å². The van der Waals surface area contributed by atoms with Gasteiger partial charge in [0.25, 0.3) is 5.56 Å². The summed E-state index contributed by atoms with van der Waals surface area (Å²) in [6.07, 6.45) is 1.29. The monoisotopic (exact) mass is 348 g/mol. The van der Waals surface area contributed by atoms with Crippen LogP contribution in [0.1, 0.15) is 11.6 Å². The lowest BCUT2D eigenvalue weighted by atomic mass is 10.1. The van der Waals surface area contributed by atoms with Gasteiger partial charge in [-0.05, 0) is 31.8 Å².